The average Bonchev–Trinajstić information content (AvgIpc) is 2.98. The number of hydrogen-bond acceptors (Lipinski definition) is 3. The van der Waals surface area contributed by atoms with Crippen molar-refractivity contribution < 1.29 is 5.11 Å². The van der Waals surface area contributed by atoms with Gasteiger partial charge in [0.1, 0.15) is 5.82 Å². The molecule has 1 aromatic heterocycles. The standard InChI is InChI=1S/C13H14BrN3O/c14-9-3-1-8(2-4-9)12-7-16-13(17-12)11-5-10(18)6-15-11/h1-4,7,10-11,15,18H,5-6H2,(H,16,17)/t10-,11+/m1/s1. The number of hydrogen-bond donors (Lipinski definition) is 3. The number of β-amino-alcohol motifs (C(OH)–C–C–N with tert-alkyl or cyclic N) is 1. The first kappa shape index (κ1) is 11.9. The summed E-state index contributed by atoms with van der Waals surface area (Å²) in [6, 6.07) is 8.22. The van der Waals surface area contributed by atoms with Crippen LogP contribution in [0.25, 0.3) is 11.3 Å². The average molecular weight is 308 g/mol. The molecule has 1 aliphatic rings. The van der Waals surface area contributed by atoms with Crippen molar-refractivity contribution in [1.82, 2.24) is 15.3 Å². The highest BCUT2D eigenvalue weighted by Gasteiger charge is 2.25. The third-order valence-corrected chi connectivity index (χ3v) is 3.72. The fraction of sp³-hybridized carbons (Fsp3) is 0.308. The predicted molar refractivity (Wildman–Crippen MR) is 73.1 cm³/mol. The number of imidazole rings is 1. The second kappa shape index (κ2) is 4.84. The molecule has 5 heteroatoms. The van der Waals surface area contributed by atoms with Crippen molar-refractivity contribution in [2.45, 2.75) is 18.6 Å². The van der Waals surface area contributed by atoms with Crippen LogP contribution >= 0.6 is 15.9 Å². The van der Waals surface area contributed by atoms with Crippen molar-refractivity contribution >= 4 is 15.9 Å². The van der Waals surface area contributed by atoms with Crippen LogP contribution in [-0.4, -0.2) is 27.7 Å². The van der Waals surface area contributed by atoms with Gasteiger partial charge in [-0.3, -0.25) is 0 Å². The number of aliphatic hydroxyl groups excluding tert-OH is 1. The van der Waals surface area contributed by atoms with Crippen LogP contribution in [0.4, 0.5) is 0 Å². The Balaban J connectivity index is 1.83. The molecule has 0 saturated carbocycles. The first-order valence-electron chi connectivity index (χ1n) is 5.94. The van der Waals surface area contributed by atoms with E-state index in [1.54, 1.807) is 0 Å². The molecule has 0 bridgehead atoms. The first-order valence-corrected chi connectivity index (χ1v) is 6.74. The molecule has 1 aliphatic heterocycles. The SMILES string of the molecule is O[C@H]1CN[C@H](c2ncc(-c3ccc(Br)cc3)[nH]2)C1. The van der Waals surface area contributed by atoms with E-state index in [1.165, 1.54) is 0 Å². The molecular weight excluding hydrogens is 294 g/mol. The van der Waals surface area contributed by atoms with Gasteiger partial charge in [-0.05, 0) is 24.1 Å². The highest BCUT2D eigenvalue weighted by atomic mass is 79.9. The van der Waals surface area contributed by atoms with Gasteiger partial charge in [-0.25, -0.2) is 4.98 Å². The number of aromatic amines is 1. The van der Waals surface area contributed by atoms with E-state index in [9.17, 15) is 5.11 Å². The smallest absolute Gasteiger partial charge is 0.123 e. The second-order valence-electron chi connectivity index (χ2n) is 4.54. The Morgan fingerprint density at radius 2 is 2.06 bits per heavy atom. The maximum Gasteiger partial charge on any atom is 0.123 e. The number of rotatable bonds is 2. The van der Waals surface area contributed by atoms with E-state index in [-0.39, 0.29) is 12.1 Å². The molecule has 1 saturated heterocycles. The van der Waals surface area contributed by atoms with E-state index in [4.69, 9.17) is 0 Å². The molecule has 2 aromatic rings. The number of aliphatic hydroxyl groups is 1. The van der Waals surface area contributed by atoms with E-state index < -0.39 is 0 Å². The summed E-state index contributed by atoms with van der Waals surface area (Å²) in [4.78, 5) is 7.70. The van der Waals surface area contributed by atoms with Gasteiger partial charge < -0.3 is 15.4 Å². The number of nitrogens with one attached hydrogen (secondary N) is 2. The summed E-state index contributed by atoms with van der Waals surface area (Å²) in [6.07, 6.45) is 2.29. The molecule has 2 heterocycles. The highest BCUT2D eigenvalue weighted by molar-refractivity contribution is 9.10. The van der Waals surface area contributed by atoms with Gasteiger partial charge in [-0.2, -0.15) is 0 Å². The molecule has 1 fully saturated rings. The molecule has 1 aromatic carbocycles. The molecular formula is C13H14BrN3O. The van der Waals surface area contributed by atoms with Gasteiger partial charge >= 0.3 is 0 Å². The van der Waals surface area contributed by atoms with Crippen LogP contribution in [0.5, 0.6) is 0 Å². The zero-order chi connectivity index (χ0) is 12.5. The number of nitrogens with zero attached hydrogens (tertiary/aromatic N) is 1. The monoisotopic (exact) mass is 307 g/mol. The molecule has 0 spiro atoms. The Labute approximate surface area is 114 Å². The van der Waals surface area contributed by atoms with Crippen molar-refractivity contribution in [2.75, 3.05) is 6.54 Å². The summed E-state index contributed by atoms with van der Waals surface area (Å²) < 4.78 is 1.06. The van der Waals surface area contributed by atoms with Gasteiger partial charge in [-0.1, -0.05) is 28.1 Å². The summed E-state index contributed by atoms with van der Waals surface area (Å²) in [5.41, 5.74) is 2.11. The lowest BCUT2D eigenvalue weighted by Gasteiger charge is -2.05. The summed E-state index contributed by atoms with van der Waals surface area (Å²) in [6.45, 7) is 0.638. The van der Waals surface area contributed by atoms with Gasteiger partial charge in [0, 0.05) is 11.0 Å². The molecule has 3 N–H and O–H groups in total. The number of benzene rings is 1. The molecule has 4 nitrogen and oxygen atoms in total. The molecule has 94 valence electrons. The Kier molecular flexibility index (Phi) is 3.20. The number of halogens is 1. The quantitative estimate of drug-likeness (QED) is 0.797. The van der Waals surface area contributed by atoms with Crippen molar-refractivity contribution in [3.8, 4) is 11.3 Å². The summed E-state index contributed by atoms with van der Waals surface area (Å²) in [5.74, 6) is 0.893. The molecule has 2 atom stereocenters. The fourth-order valence-corrected chi connectivity index (χ4v) is 2.48. The maximum absolute atomic E-state index is 9.51. The third kappa shape index (κ3) is 2.34. The fourth-order valence-electron chi connectivity index (χ4n) is 2.22. The van der Waals surface area contributed by atoms with Gasteiger partial charge in [0.25, 0.3) is 0 Å². The minimum atomic E-state index is -0.267. The van der Waals surface area contributed by atoms with Crippen LogP contribution in [0.15, 0.2) is 34.9 Å². The van der Waals surface area contributed by atoms with Crippen LogP contribution in [0.3, 0.4) is 0 Å². The zero-order valence-corrected chi connectivity index (χ0v) is 11.3. The van der Waals surface area contributed by atoms with E-state index in [0.717, 1.165) is 21.6 Å². The van der Waals surface area contributed by atoms with Gasteiger partial charge in [0.15, 0.2) is 0 Å². The Morgan fingerprint density at radius 1 is 1.28 bits per heavy atom. The van der Waals surface area contributed by atoms with Crippen LogP contribution in [0.2, 0.25) is 0 Å². The maximum atomic E-state index is 9.51. The summed E-state index contributed by atoms with van der Waals surface area (Å²) in [7, 11) is 0. The summed E-state index contributed by atoms with van der Waals surface area (Å²) in [5, 5.41) is 12.8. The van der Waals surface area contributed by atoms with Gasteiger partial charge in [0.05, 0.1) is 24.0 Å². The predicted octanol–water partition coefficient (Wildman–Crippen LogP) is 2.23. The van der Waals surface area contributed by atoms with Crippen molar-refractivity contribution in [1.29, 1.82) is 0 Å². The topological polar surface area (TPSA) is 60.9 Å². The zero-order valence-electron chi connectivity index (χ0n) is 9.73. The lowest BCUT2D eigenvalue weighted by atomic mass is 10.2. The molecule has 0 unspecified atom stereocenters. The number of aromatic nitrogens is 2. The van der Waals surface area contributed by atoms with Crippen molar-refractivity contribution in [3.05, 3.63) is 40.8 Å². The third-order valence-electron chi connectivity index (χ3n) is 3.19. The Morgan fingerprint density at radius 3 is 2.72 bits per heavy atom. The van der Waals surface area contributed by atoms with E-state index >= 15 is 0 Å². The van der Waals surface area contributed by atoms with E-state index in [1.807, 2.05) is 30.5 Å². The molecule has 0 radical (unpaired) electrons. The van der Waals surface area contributed by atoms with E-state index in [0.29, 0.717) is 13.0 Å². The highest BCUT2D eigenvalue weighted by Crippen LogP contribution is 2.25. The first-order chi connectivity index (χ1) is 8.72. The lowest BCUT2D eigenvalue weighted by molar-refractivity contribution is 0.193. The minimum Gasteiger partial charge on any atom is -0.392 e. The lowest BCUT2D eigenvalue weighted by Crippen LogP contribution is -2.15. The molecule has 18 heavy (non-hydrogen) atoms. The second-order valence-corrected chi connectivity index (χ2v) is 5.46. The largest absolute Gasteiger partial charge is 0.392 e. The Hall–Kier alpha value is -1.17. The molecule has 3 rings (SSSR count). The summed E-state index contributed by atoms with van der Waals surface area (Å²) >= 11 is 3.42. The van der Waals surface area contributed by atoms with Crippen LogP contribution in [0.1, 0.15) is 18.3 Å². The molecule has 0 aliphatic carbocycles. The van der Waals surface area contributed by atoms with Crippen LogP contribution < -0.4 is 5.32 Å². The molecule has 0 amide bonds. The number of H-pyrrole nitrogens is 1. The van der Waals surface area contributed by atoms with Crippen molar-refractivity contribution in [3.63, 3.8) is 0 Å². The van der Waals surface area contributed by atoms with Crippen LogP contribution in [0, 0.1) is 0 Å². The minimum absolute atomic E-state index is 0.129. The van der Waals surface area contributed by atoms with Crippen LogP contribution in [-0.2, 0) is 0 Å². The van der Waals surface area contributed by atoms with Crippen molar-refractivity contribution in [2.24, 2.45) is 0 Å². The van der Waals surface area contributed by atoms with E-state index in [2.05, 4.69) is 31.2 Å². The normalized spacial score (nSPS) is 23.4. The van der Waals surface area contributed by atoms with Gasteiger partial charge in [-0.15, -0.1) is 0 Å². The Bertz CT molecular complexity index is 537. The van der Waals surface area contributed by atoms with Gasteiger partial charge in [0.2, 0.25) is 0 Å².